The van der Waals surface area contributed by atoms with E-state index in [4.69, 9.17) is 52.2 Å². The number of likely N-dealkylation sites (N-methyl/N-ethyl adjacent to an activating group) is 1. The van der Waals surface area contributed by atoms with Crippen LogP contribution in [0.2, 0.25) is 0 Å². The molecule has 0 saturated carbocycles. The third-order valence-electron chi connectivity index (χ3n) is 23.0. The zero-order valence-electron chi connectivity index (χ0n) is 72.8. The van der Waals surface area contributed by atoms with Crippen LogP contribution in [0.5, 0.6) is 0 Å². The Hall–Kier alpha value is -14.6. The quantitative estimate of drug-likeness (QED) is 0.0531. The zero-order valence-corrected chi connectivity index (χ0v) is 76.1. The van der Waals surface area contributed by atoms with E-state index in [-0.39, 0.29) is 17.6 Å². The first-order chi connectivity index (χ1) is 64.3. The van der Waals surface area contributed by atoms with Crippen LogP contribution in [0.15, 0.2) is 254 Å². The maximum atomic E-state index is 12.6. The number of pyridine rings is 4. The minimum Gasteiger partial charge on any atom is -0.391 e. The number of benzene rings is 4. The topological polar surface area (TPSA) is 300 Å². The SMILES string of the molecule is CN(Cc1cnn(C)c1)c1nc(-c2ccccn2)nc2scc(-c3ccccc3)c12.CNC(=O)CN1CCN(c2nc(-c3ccccn3)nc3scc(-c4ccccc4)c23)CC1.O=C(CN1CCN(c2nc(-c3ccccn3)nc3sc(-c4ccccc4)cc23)CC1)N1CCCC1.[C-]#[N+]c1c(N)n[nH]c1CCCN(C)c1nc(-c2ccccn2)nc2sc(-c3ccccc3)cc12. The molecule has 0 radical (unpaired) electrons. The molecule has 21 rings (SSSR count). The summed E-state index contributed by atoms with van der Waals surface area (Å²) in [7, 11) is 7.69. The smallest absolute Gasteiger partial charge is 0.250 e. The van der Waals surface area contributed by atoms with E-state index in [0.717, 1.165) is 222 Å². The summed E-state index contributed by atoms with van der Waals surface area (Å²) in [5.74, 6) is 6.75. The molecule has 656 valence electrons. The van der Waals surface area contributed by atoms with Crippen LogP contribution < -0.4 is 30.7 Å². The number of amides is 2. The summed E-state index contributed by atoms with van der Waals surface area (Å²) >= 11 is 6.62. The number of aromatic nitrogens is 16. The Morgan fingerprint density at radius 3 is 1.45 bits per heavy atom. The van der Waals surface area contributed by atoms with Crippen molar-refractivity contribution in [3.05, 3.63) is 277 Å². The summed E-state index contributed by atoms with van der Waals surface area (Å²) in [5.41, 5.74) is 18.1. The maximum absolute atomic E-state index is 12.6. The first-order valence-electron chi connectivity index (χ1n) is 43.4. The molecular weight excluding hydrogens is 1710 g/mol. The van der Waals surface area contributed by atoms with Gasteiger partial charge >= 0.3 is 0 Å². The Kier molecular flexibility index (Phi) is 27.1. The highest BCUT2D eigenvalue weighted by atomic mass is 32.1. The number of nitrogens with two attached hydrogens (primary N) is 1. The van der Waals surface area contributed by atoms with E-state index in [1.807, 2.05) is 145 Å². The molecule has 2 amide bonds. The number of H-pyrrole nitrogens is 1. The van der Waals surface area contributed by atoms with Crippen LogP contribution >= 0.6 is 45.3 Å². The highest BCUT2D eigenvalue weighted by Gasteiger charge is 2.30. The number of nitrogen functional groups attached to an aromatic ring is 1. The first kappa shape index (κ1) is 87.1. The Morgan fingerprint density at radius 1 is 0.504 bits per heavy atom. The van der Waals surface area contributed by atoms with Gasteiger partial charge in [-0.1, -0.05) is 146 Å². The fraction of sp³-hybridized carbons (Fsp3) is 0.222. The first-order valence-corrected chi connectivity index (χ1v) is 46.8. The average Bonchev–Trinajstić information content (AvgIpc) is 1.64. The van der Waals surface area contributed by atoms with Crippen LogP contribution in [-0.2, 0) is 29.6 Å². The molecule has 131 heavy (non-hydrogen) atoms. The second-order valence-electron chi connectivity index (χ2n) is 31.9. The number of anilines is 5. The van der Waals surface area contributed by atoms with Crippen LogP contribution in [0, 0.1) is 6.57 Å². The third-order valence-corrected chi connectivity index (χ3v) is 26.9. The monoisotopic (exact) mass is 1810 g/mol. The molecule has 0 spiro atoms. The summed E-state index contributed by atoms with van der Waals surface area (Å²) in [6.07, 6.45) is 14.7. The summed E-state index contributed by atoms with van der Waals surface area (Å²) in [4.78, 5) is 107. The number of aryl methyl sites for hydroxylation is 2. The van der Waals surface area contributed by atoms with Gasteiger partial charge in [0.2, 0.25) is 17.5 Å². The number of carbonyl (C=O) groups excluding carboxylic acids is 2. The van der Waals surface area contributed by atoms with Gasteiger partial charge < -0.3 is 35.6 Å². The Balaban J connectivity index is 0.000000118. The van der Waals surface area contributed by atoms with Gasteiger partial charge in [0.25, 0.3) is 0 Å². The molecule has 4 aromatic carbocycles. The van der Waals surface area contributed by atoms with Crippen LogP contribution in [-0.4, -0.2) is 213 Å². The van der Waals surface area contributed by atoms with Crippen molar-refractivity contribution < 1.29 is 9.59 Å². The zero-order chi connectivity index (χ0) is 89.5. The van der Waals surface area contributed by atoms with E-state index < -0.39 is 0 Å². The summed E-state index contributed by atoms with van der Waals surface area (Å²) in [5, 5.41) is 22.4. The van der Waals surface area contributed by atoms with Gasteiger partial charge in [-0.05, 0) is 109 Å². The molecule has 3 aliphatic rings. The molecule has 32 heteroatoms. The lowest BCUT2D eigenvalue weighted by atomic mass is 10.1. The van der Waals surface area contributed by atoms with Gasteiger partial charge in [-0.2, -0.15) is 10.2 Å². The normalized spacial score (nSPS) is 13.4. The number of thiophene rings is 4. The Bertz CT molecular complexity index is 6960. The standard InChI is InChI=1S/C27H28N6OS.C25H22N8S.C24H24N6OS.C23H20N6S/c34-24(32-12-6-7-13-32)19-31-14-16-33(17-15-31)26-21-18-23(20-8-2-1-3-9-20)35-27(21)30-25(29-26)22-10-4-5-11-28-22;1-27-21-18(31-32-22(21)26)12-8-14-33(2)24-17-15-20(16-9-4-3-5-10-16)34-25(17)30-23(29-24)19-11-6-7-13-28-19;1-25-20(31)15-29-11-13-30(14-12-29)23-21-18(17-7-3-2-4-8-17)16-32-24(21)28-22(27-23)19-9-5-6-10-26-19;1-28(13-16-12-25-29(2)14-16)22-20-18(17-8-4-3-5-9-17)15-30-23(20)27-21(26-22)19-10-6-7-11-24-19/h1-5,8-11,18H,6-7,12-17,19H2;3-7,9-11,13,15H,8,12,14H2,2H3,(H3,26,31,32);2-10,16H,11-15H2,1H3,(H,25,31);3-12,14-15H,13H2,1-2H3. The second-order valence-corrected chi connectivity index (χ2v) is 35.6. The lowest BCUT2D eigenvalue weighted by Gasteiger charge is -2.36. The molecule has 3 fully saturated rings. The predicted molar refractivity (Wildman–Crippen MR) is 528 cm³/mol. The fourth-order valence-corrected chi connectivity index (χ4v) is 20.2. The number of piperazine rings is 2. The van der Waals surface area contributed by atoms with Crippen molar-refractivity contribution in [1.82, 2.24) is 99.8 Å². The van der Waals surface area contributed by atoms with Crippen LogP contribution in [0.1, 0.15) is 30.5 Å². The van der Waals surface area contributed by atoms with Gasteiger partial charge in [-0.25, -0.2) is 44.7 Å². The second kappa shape index (κ2) is 40.8. The molecule has 0 atom stereocenters. The third kappa shape index (κ3) is 20.3. The number of fused-ring (bicyclic) bond motifs is 4. The van der Waals surface area contributed by atoms with E-state index in [0.29, 0.717) is 55.0 Å². The van der Waals surface area contributed by atoms with Crippen molar-refractivity contribution in [2.75, 3.05) is 132 Å². The van der Waals surface area contributed by atoms with E-state index >= 15 is 0 Å². The van der Waals surface area contributed by atoms with Gasteiger partial charge in [0, 0.05) is 181 Å². The highest BCUT2D eigenvalue weighted by Crippen LogP contribution is 2.44. The number of likely N-dealkylation sites (tertiary alicyclic amines) is 1. The number of hydrogen-bond donors (Lipinski definition) is 3. The minimum atomic E-state index is 0.0458. The fourth-order valence-electron chi connectivity index (χ4n) is 16.2. The molecule has 0 bridgehead atoms. The molecule has 3 saturated heterocycles. The number of carbonyl (C=O) groups is 2. The van der Waals surface area contributed by atoms with E-state index in [2.05, 4.69) is 190 Å². The molecule has 14 aromatic heterocycles. The van der Waals surface area contributed by atoms with Gasteiger partial charge in [0.05, 0.1) is 47.4 Å². The van der Waals surface area contributed by atoms with Crippen LogP contribution in [0.3, 0.4) is 0 Å². The summed E-state index contributed by atoms with van der Waals surface area (Å²) < 4.78 is 1.82. The molecule has 0 unspecified atom stereocenters. The largest absolute Gasteiger partial charge is 0.391 e. The molecule has 3 aliphatic heterocycles. The molecule has 0 aliphatic carbocycles. The predicted octanol–water partition coefficient (Wildman–Crippen LogP) is 17.6. The number of aromatic amines is 1. The summed E-state index contributed by atoms with van der Waals surface area (Å²) in [6.45, 7) is 18.1. The maximum Gasteiger partial charge on any atom is 0.250 e. The average molecular weight is 1810 g/mol. The number of nitrogens with one attached hydrogen (secondary N) is 2. The molecule has 28 nitrogen and oxygen atoms in total. The van der Waals surface area contributed by atoms with E-state index in [1.54, 1.807) is 77.2 Å². The van der Waals surface area contributed by atoms with Crippen molar-refractivity contribution in [1.29, 1.82) is 0 Å². The van der Waals surface area contributed by atoms with Gasteiger partial charge in [-0.3, -0.25) is 49.1 Å². The van der Waals surface area contributed by atoms with Crippen molar-refractivity contribution in [2.24, 2.45) is 7.05 Å². The van der Waals surface area contributed by atoms with Crippen LogP contribution in [0.25, 0.3) is 135 Å². The molecule has 18 aromatic rings. The van der Waals surface area contributed by atoms with Crippen molar-refractivity contribution in [3.63, 3.8) is 0 Å². The molecular formula is C99H94N26O2S4. The van der Waals surface area contributed by atoms with E-state index in [1.165, 1.54) is 10.4 Å². The highest BCUT2D eigenvalue weighted by molar-refractivity contribution is 7.22. The minimum absolute atomic E-state index is 0.0458. The Morgan fingerprint density at radius 2 is 0.954 bits per heavy atom. The number of rotatable bonds is 22. The van der Waals surface area contributed by atoms with Crippen molar-refractivity contribution >= 4 is 133 Å². The van der Waals surface area contributed by atoms with E-state index in [9.17, 15) is 9.59 Å². The lowest BCUT2D eigenvalue weighted by Crippen LogP contribution is -2.50. The van der Waals surface area contributed by atoms with Crippen molar-refractivity contribution in [2.45, 2.75) is 32.2 Å². The number of hydrogen-bond acceptors (Lipinski definition) is 27. The van der Waals surface area contributed by atoms with Gasteiger partial charge in [0.1, 0.15) is 65.4 Å². The Labute approximate surface area is 773 Å². The van der Waals surface area contributed by atoms with Gasteiger partial charge in [-0.15, -0.1) is 45.3 Å². The van der Waals surface area contributed by atoms with Crippen molar-refractivity contribution in [3.8, 4) is 89.2 Å². The molecule has 4 N–H and O–H groups in total. The number of nitrogens with zero attached hydrogens (tertiary/aromatic N) is 23. The van der Waals surface area contributed by atoms with Gasteiger partial charge in [0.15, 0.2) is 29.1 Å². The van der Waals surface area contributed by atoms with Crippen LogP contribution in [0.4, 0.5) is 34.8 Å². The lowest BCUT2D eigenvalue weighted by molar-refractivity contribution is -0.131. The molecule has 17 heterocycles. The summed E-state index contributed by atoms with van der Waals surface area (Å²) in [6, 6.07) is 69.1.